The zero-order chi connectivity index (χ0) is 10.4. The van der Waals surface area contributed by atoms with Gasteiger partial charge in [-0.2, -0.15) is 5.26 Å². The first kappa shape index (κ1) is 10.3. The molecule has 72 valence electrons. The molecule has 0 aliphatic heterocycles. The first-order valence-electron chi connectivity index (χ1n) is 4.50. The van der Waals surface area contributed by atoms with Crippen LogP contribution >= 0.6 is 0 Å². The first-order chi connectivity index (χ1) is 6.76. The van der Waals surface area contributed by atoms with Crippen LogP contribution in [0.5, 0.6) is 0 Å². The van der Waals surface area contributed by atoms with Crippen molar-refractivity contribution in [2.45, 2.75) is 19.4 Å². The Balaban J connectivity index is 2.60. The van der Waals surface area contributed by atoms with E-state index >= 15 is 0 Å². The molecule has 0 aliphatic rings. The van der Waals surface area contributed by atoms with Gasteiger partial charge in [-0.15, -0.1) is 6.58 Å². The predicted molar refractivity (Wildman–Crippen MR) is 56.9 cm³/mol. The van der Waals surface area contributed by atoms with Gasteiger partial charge in [-0.25, -0.2) is 4.98 Å². The van der Waals surface area contributed by atoms with Crippen LogP contribution in [0, 0.1) is 11.3 Å². The van der Waals surface area contributed by atoms with E-state index in [0.29, 0.717) is 11.6 Å². The van der Waals surface area contributed by atoms with Crippen molar-refractivity contribution in [1.29, 1.82) is 5.26 Å². The number of anilines is 1. The van der Waals surface area contributed by atoms with Crippen molar-refractivity contribution < 1.29 is 0 Å². The van der Waals surface area contributed by atoms with E-state index in [-0.39, 0.29) is 0 Å². The normalized spacial score (nSPS) is 11.4. The quantitative estimate of drug-likeness (QED) is 0.736. The van der Waals surface area contributed by atoms with Crippen LogP contribution in [0.3, 0.4) is 0 Å². The fourth-order valence-corrected chi connectivity index (χ4v) is 1.11. The van der Waals surface area contributed by atoms with Gasteiger partial charge in [0.1, 0.15) is 11.9 Å². The minimum Gasteiger partial charge on any atom is -0.367 e. The second-order valence-electron chi connectivity index (χ2n) is 3.11. The lowest BCUT2D eigenvalue weighted by atomic mass is 10.2. The molecule has 1 N–H and O–H groups in total. The van der Waals surface area contributed by atoms with Gasteiger partial charge in [0.15, 0.2) is 0 Å². The Morgan fingerprint density at radius 2 is 2.50 bits per heavy atom. The van der Waals surface area contributed by atoms with Gasteiger partial charge in [0, 0.05) is 12.2 Å². The lowest BCUT2D eigenvalue weighted by Crippen LogP contribution is -2.14. The summed E-state index contributed by atoms with van der Waals surface area (Å²) in [6.45, 7) is 5.72. The van der Waals surface area contributed by atoms with Gasteiger partial charge in [0.25, 0.3) is 0 Å². The number of nitrogens with one attached hydrogen (secondary N) is 1. The highest BCUT2D eigenvalue weighted by molar-refractivity contribution is 5.39. The summed E-state index contributed by atoms with van der Waals surface area (Å²) in [4.78, 5) is 4.10. The van der Waals surface area contributed by atoms with Crippen LogP contribution in [-0.2, 0) is 0 Å². The Kier molecular flexibility index (Phi) is 3.69. The third kappa shape index (κ3) is 2.91. The molecule has 0 spiro atoms. The molecule has 1 aromatic rings. The predicted octanol–water partition coefficient (Wildman–Crippen LogP) is 2.33. The molecule has 0 saturated carbocycles. The number of nitrogens with zero attached hydrogens (tertiary/aromatic N) is 2. The summed E-state index contributed by atoms with van der Waals surface area (Å²) in [5, 5.41) is 11.8. The van der Waals surface area contributed by atoms with E-state index in [1.807, 2.05) is 12.1 Å². The van der Waals surface area contributed by atoms with Gasteiger partial charge < -0.3 is 5.32 Å². The number of hydrogen-bond donors (Lipinski definition) is 1. The first-order valence-corrected chi connectivity index (χ1v) is 4.50. The summed E-state index contributed by atoms with van der Waals surface area (Å²) < 4.78 is 0. The standard InChI is InChI=1S/C11H13N3/c1-3-4-9(2)14-11-6-5-10(7-12)8-13-11/h3,5-6,8-9H,1,4H2,2H3,(H,13,14). The molecular formula is C11H13N3. The Morgan fingerprint density at radius 1 is 1.71 bits per heavy atom. The average molecular weight is 187 g/mol. The van der Waals surface area contributed by atoms with Gasteiger partial charge in [-0.3, -0.25) is 0 Å². The third-order valence-electron chi connectivity index (χ3n) is 1.81. The molecule has 3 heteroatoms. The molecule has 14 heavy (non-hydrogen) atoms. The van der Waals surface area contributed by atoms with Crippen LogP contribution in [0.2, 0.25) is 0 Å². The van der Waals surface area contributed by atoms with Crippen LogP contribution in [0.4, 0.5) is 5.82 Å². The molecule has 0 amide bonds. The van der Waals surface area contributed by atoms with Crippen molar-refractivity contribution in [2.75, 3.05) is 5.32 Å². The van der Waals surface area contributed by atoms with Crippen LogP contribution in [0.25, 0.3) is 0 Å². The second kappa shape index (κ2) is 5.03. The van der Waals surface area contributed by atoms with E-state index in [9.17, 15) is 0 Å². The zero-order valence-electron chi connectivity index (χ0n) is 8.20. The molecule has 1 atom stereocenters. The Morgan fingerprint density at radius 3 is 3.00 bits per heavy atom. The summed E-state index contributed by atoms with van der Waals surface area (Å²) in [5.74, 6) is 0.790. The molecule has 1 unspecified atom stereocenters. The smallest absolute Gasteiger partial charge is 0.126 e. The highest BCUT2D eigenvalue weighted by atomic mass is 15.0. The van der Waals surface area contributed by atoms with Crippen molar-refractivity contribution in [3.05, 3.63) is 36.5 Å². The van der Waals surface area contributed by atoms with Crippen molar-refractivity contribution in [3.63, 3.8) is 0 Å². The Hall–Kier alpha value is -1.82. The second-order valence-corrected chi connectivity index (χ2v) is 3.11. The van der Waals surface area contributed by atoms with Crippen LogP contribution in [0.1, 0.15) is 18.9 Å². The van der Waals surface area contributed by atoms with Crippen molar-refractivity contribution in [1.82, 2.24) is 4.98 Å². The Bertz CT molecular complexity index is 335. The molecule has 0 saturated heterocycles. The highest BCUT2D eigenvalue weighted by Crippen LogP contribution is 2.07. The topological polar surface area (TPSA) is 48.7 Å². The Labute approximate surface area is 84.1 Å². The minimum atomic E-state index is 0.313. The maximum Gasteiger partial charge on any atom is 0.126 e. The molecular weight excluding hydrogens is 174 g/mol. The summed E-state index contributed by atoms with van der Waals surface area (Å²) in [7, 11) is 0. The summed E-state index contributed by atoms with van der Waals surface area (Å²) in [5.41, 5.74) is 0.576. The zero-order valence-corrected chi connectivity index (χ0v) is 8.20. The number of rotatable bonds is 4. The molecule has 0 bridgehead atoms. The molecule has 3 nitrogen and oxygen atoms in total. The molecule has 0 aliphatic carbocycles. The maximum absolute atomic E-state index is 8.57. The lowest BCUT2D eigenvalue weighted by molar-refractivity contribution is 0.807. The van der Waals surface area contributed by atoms with E-state index in [2.05, 4.69) is 23.8 Å². The minimum absolute atomic E-state index is 0.313. The molecule has 0 radical (unpaired) electrons. The maximum atomic E-state index is 8.57. The van der Waals surface area contributed by atoms with E-state index < -0.39 is 0 Å². The van der Waals surface area contributed by atoms with Gasteiger partial charge in [-0.1, -0.05) is 6.08 Å². The number of pyridine rings is 1. The van der Waals surface area contributed by atoms with Gasteiger partial charge in [0.05, 0.1) is 5.56 Å². The van der Waals surface area contributed by atoms with Crippen LogP contribution < -0.4 is 5.32 Å². The molecule has 1 rings (SSSR count). The van der Waals surface area contributed by atoms with Gasteiger partial charge in [-0.05, 0) is 25.5 Å². The number of aromatic nitrogens is 1. The van der Waals surface area contributed by atoms with E-state index in [4.69, 9.17) is 5.26 Å². The van der Waals surface area contributed by atoms with Gasteiger partial charge in [0.2, 0.25) is 0 Å². The van der Waals surface area contributed by atoms with Crippen LogP contribution in [0.15, 0.2) is 31.0 Å². The largest absolute Gasteiger partial charge is 0.367 e. The van der Waals surface area contributed by atoms with Crippen molar-refractivity contribution >= 4 is 5.82 Å². The molecule has 0 fully saturated rings. The molecule has 1 heterocycles. The van der Waals surface area contributed by atoms with E-state index in [1.54, 1.807) is 18.3 Å². The monoisotopic (exact) mass is 187 g/mol. The van der Waals surface area contributed by atoms with Gasteiger partial charge >= 0.3 is 0 Å². The fourth-order valence-electron chi connectivity index (χ4n) is 1.11. The SMILES string of the molecule is C=CCC(C)Nc1ccc(C#N)cn1. The summed E-state index contributed by atoms with van der Waals surface area (Å²) in [6, 6.07) is 5.89. The molecule has 0 aromatic carbocycles. The number of nitriles is 1. The summed E-state index contributed by atoms with van der Waals surface area (Å²) in [6.07, 6.45) is 4.31. The molecule has 1 aromatic heterocycles. The fraction of sp³-hybridized carbons (Fsp3) is 0.273. The van der Waals surface area contributed by atoms with E-state index in [0.717, 1.165) is 12.2 Å². The van der Waals surface area contributed by atoms with Crippen molar-refractivity contribution in [2.24, 2.45) is 0 Å². The summed E-state index contributed by atoms with van der Waals surface area (Å²) >= 11 is 0. The highest BCUT2D eigenvalue weighted by Gasteiger charge is 1.99. The van der Waals surface area contributed by atoms with Crippen LogP contribution in [-0.4, -0.2) is 11.0 Å². The third-order valence-corrected chi connectivity index (χ3v) is 1.81. The van der Waals surface area contributed by atoms with Crippen molar-refractivity contribution in [3.8, 4) is 6.07 Å². The lowest BCUT2D eigenvalue weighted by Gasteiger charge is -2.11. The number of hydrogen-bond acceptors (Lipinski definition) is 3. The van der Waals surface area contributed by atoms with E-state index in [1.165, 1.54) is 0 Å². The average Bonchev–Trinajstić information content (AvgIpc) is 2.19.